The van der Waals surface area contributed by atoms with E-state index in [0.29, 0.717) is 59.1 Å². The van der Waals surface area contributed by atoms with E-state index in [1.807, 2.05) is 0 Å². The van der Waals surface area contributed by atoms with E-state index in [2.05, 4.69) is 30.9 Å². The number of halogens is 3. The van der Waals surface area contributed by atoms with Crippen molar-refractivity contribution in [1.82, 2.24) is 24.4 Å². The third-order valence-corrected chi connectivity index (χ3v) is 5.73. The van der Waals surface area contributed by atoms with Crippen molar-refractivity contribution < 1.29 is 9.18 Å². The zero-order valence-electron chi connectivity index (χ0n) is 14.3. The second kappa shape index (κ2) is 7.53. The molecular weight excluding hydrogens is 437 g/mol. The van der Waals surface area contributed by atoms with Gasteiger partial charge in [-0.15, -0.1) is 0 Å². The minimum Gasteiger partial charge on any atom is -0.335 e. The molecule has 0 spiro atoms. The Balaban J connectivity index is 1.44. The normalized spacial score (nSPS) is 15.4. The minimum atomic E-state index is -0.304. The molecular formula is C18H16BrClFN5O. The summed E-state index contributed by atoms with van der Waals surface area (Å²) in [5.41, 5.74) is 1.45. The van der Waals surface area contributed by atoms with Gasteiger partial charge in [-0.25, -0.2) is 13.9 Å². The number of hydrogen-bond donors (Lipinski definition) is 0. The highest BCUT2D eigenvalue weighted by Crippen LogP contribution is 2.24. The van der Waals surface area contributed by atoms with Crippen LogP contribution in [0.1, 0.15) is 16.1 Å². The highest BCUT2D eigenvalue weighted by atomic mass is 79.9. The van der Waals surface area contributed by atoms with Crippen LogP contribution in [-0.2, 0) is 6.54 Å². The summed E-state index contributed by atoms with van der Waals surface area (Å²) in [6.45, 7) is 2.78. The average molecular weight is 453 g/mol. The maximum absolute atomic E-state index is 14.0. The number of piperazine rings is 1. The van der Waals surface area contributed by atoms with Gasteiger partial charge in [0.1, 0.15) is 5.82 Å². The van der Waals surface area contributed by atoms with E-state index in [0.717, 1.165) is 0 Å². The Bertz CT molecular complexity index is 982. The molecule has 1 aromatic carbocycles. The standard InChI is InChI=1S/C18H16BrClFN5O/c19-15-16(23-26-6-2-5-22-17(15)26)18(27)25-9-7-24(8-10-25)11-12-13(20)3-1-4-14(12)21/h1-6H,7-11H2. The first-order valence-electron chi connectivity index (χ1n) is 8.48. The van der Waals surface area contributed by atoms with Gasteiger partial charge < -0.3 is 4.90 Å². The lowest BCUT2D eigenvalue weighted by Gasteiger charge is -2.34. The molecule has 1 saturated heterocycles. The van der Waals surface area contributed by atoms with E-state index in [1.165, 1.54) is 6.07 Å². The van der Waals surface area contributed by atoms with Crippen molar-refractivity contribution in [1.29, 1.82) is 0 Å². The lowest BCUT2D eigenvalue weighted by atomic mass is 10.1. The van der Waals surface area contributed by atoms with Crippen LogP contribution in [-0.4, -0.2) is 56.5 Å². The second-order valence-corrected chi connectivity index (χ2v) is 7.52. The summed E-state index contributed by atoms with van der Waals surface area (Å²) in [5, 5.41) is 4.76. The number of carbonyl (C=O) groups is 1. The Morgan fingerprint density at radius 2 is 2.00 bits per heavy atom. The average Bonchev–Trinajstić information content (AvgIpc) is 3.02. The zero-order valence-corrected chi connectivity index (χ0v) is 16.6. The first kappa shape index (κ1) is 18.3. The maximum Gasteiger partial charge on any atom is 0.275 e. The second-order valence-electron chi connectivity index (χ2n) is 6.32. The van der Waals surface area contributed by atoms with Gasteiger partial charge >= 0.3 is 0 Å². The lowest BCUT2D eigenvalue weighted by Crippen LogP contribution is -2.48. The summed E-state index contributed by atoms with van der Waals surface area (Å²) in [7, 11) is 0. The number of carbonyl (C=O) groups excluding carboxylic acids is 1. The monoisotopic (exact) mass is 451 g/mol. The largest absolute Gasteiger partial charge is 0.335 e. The van der Waals surface area contributed by atoms with E-state index in [1.54, 1.807) is 40.0 Å². The molecule has 3 aromatic rings. The number of rotatable bonds is 3. The van der Waals surface area contributed by atoms with Gasteiger partial charge in [-0.3, -0.25) is 9.69 Å². The summed E-state index contributed by atoms with van der Waals surface area (Å²) in [6.07, 6.45) is 3.41. The van der Waals surface area contributed by atoms with Crippen LogP contribution in [0, 0.1) is 5.82 Å². The van der Waals surface area contributed by atoms with Crippen molar-refractivity contribution in [2.75, 3.05) is 26.2 Å². The number of amides is 1. The highest BCUT2D eigenvalue weighted by Gasteiger charge is 2.27. The predicted octanol–water partition coefficient (Wildman–Crippen LogP) is 3.24. The van der Waals surface area contributed by atoms with Crippen LogP contribution in [0.2, 0.25) is 5.02 Å². The predicted molar refractivity (Wildman–Crippen MR) is 103 cm³/mol. The Kier molecular flexibility index (Phi) is 5.12. The van der Waals surface area contributed by atoms with Gasteiger partial charge in [0.25, 0.3) is 5.91 Å². The number of aromatic nitrogens is 3. The molecule has 0 bridgehead atoms. The quantitative estimate of drug-likeness (QED) is 0.612. The molecule has 0 radical (unpaired) electrons. The highest BCUT2D eigenvalue weighted by molar-refractivity contribution is 9.10. The molecule has 0 atom stereocenters. The number of benzene rings is 1. The molecule has 1 amide bonds. The smallest absolute Gasteiger partial charge is 0.275 e. The molecule has 27 heavy (non-hydrogen) atoms. The van der Waals surface area contributed by atoms with Crippen LogP contribution in [0.15, 0.2) is 41.1 Å². The van der Waals surface area contributed by atoms with E-state index in [4.69, 9.17) is 11.6 Å². The Morgan fingerprint density at radius 1 is 1.22 bits per heavy atom. The number of fused-ring (bicyclic) bond motifs is 1. The lowest BCUT2D eigenvalue weighted by molar-refractivity contribution is 0.0620. The summed E-state index contributed by atoms with van der Waals surface area (Å²) in [4.78, 5) is 20.9. The Labute approximate surface area is 168 Å². The Hall–Kier alpha value is -2.03. The van der Waals surface area contributed by atoms with Gasteiger partial charge in [0.15, 0.2) is 11.3 Å². The molecule has 0 saturated carbocycles. The number of hydrogen-bond acceptors (Lipinski definition) is 4. The summed E-state index contributed by atoms with van der Waals surface area (Å²) in [5.74, 6) is -0.446. The van der Waals surface area contributed by atoms with E-state index >= 15 is 0 Å². The third kappa shape index (κ3) is 3.56. The van der Waals surface area contributed by atoms with Crippen molar-refractivity contribution in [3.05, 3.63) is 63.2 Å². The molecule has 3 heterocycles. The molecule has 2 aromatic heterocycles. The van der Waals surface area contributed by atoms with Crippen molar-refractivity contribution in [3.8, 4) is 0 Å². The fourth-order valence-corrected chi connectivity index (χ4v) is 3.92. The van der Waals surface area contributed by atoms with Gasteiger partial charge in [0, 0.05) is 55.7 Å². The van der Waals surface area contributed by atoms with Crippen molar-refractivity contribution >= 4 is 39.1 Å². The Morgan fingerprint density at radius 3 is 2.70 bits per heavy atom. The third-order valence-electron chi connectivity index (χ3n) is 4.64. The van der Waals surface area contributed by atoms with E-state index < -0.39 is 0 Å². The molecule has 1 fully saturated rings. The van der Waals surface area contributed by atoms with Gasteiger partial charge in [-0.1, -0.05) is 17.7 Å². The molecule has 1 aliphatic heterocycles. The molecule has 1 aliphatic rings. The first-order chi connectivity index (χ1) is 13.0. The van der Waals surface area contributed by atoms with Crippen LogP contribution < -0.4 is 0 Å². The summed E-state index contributed by atoms with van der Waals surface area (Å²) in [6, 6.07) is 6.46. The van der Waals surface area contributed by atoms with E-state index in [-0.39, 0.29) is 11.7 Å². The summed E-state index contributed by atoms with van der Waals surface area (Å²) >= 11 is 9.54. The molecule has 0 aliphatic carbocycles. The van der Waals surface area contributed by atoms with Crippen molar-refractivity contribution in [2.45, 2.75) is 6.54 Å². The van der Waals surface area contributed by atoms with Crippen LogP contribution in [0.5, 0.6) is 0 Å². The SMILES string of the molecule is O=C(c1nn2cccnc2c1Br)N1CCN(Cc2c(F)cccc2Cl)CC1. The molecule has 4 rings (SSSR count). The van der Waals surface area contributed by atoms with Crippen LogP contribution in [0.3, 0.4) is 0 Å². The zero-order chi connectivity index (χ0) is 19.0. The van der Waals surface area contributed by atoms with E-state index in [9.17, 15) is 9.18 Å². The van der Waals surface area contributed by atoms with Crippen LogP contribution in [0.25, 0.3) is 5.65 Å². The first-order valence-corrected chi connectivity index (χ1v) is 9.65. The number of nitrogens with zero attached hydrogens (tertiary/aromatic N) is 5. The van der Waals surface area contributed by atoms with Crippen molar-refractivity contribution in [2.24, 2.45) is 0 Å². The maximum atomic E-state index is 14.0. The minimum absolute atomic E-state index is 0.143. The topological polar surface area (TPSA) is 53.7 Å². The summed E-state index contributed by atoms with van der Waals surface area (Å²) < 4.78 is 16.1. The molecule has 6 nitrogen and oxygen atoms in total. The molecule has 140 valence electrons. The van der Waals surface area contributed by atoms with Crippen LogP contribution in [0.4, 0.5) is 4.39 Å². The fraction of sp³-hybridized carbons (Fsp3) is 0.278. The van der Waals surface area contributed by atoms with Gasteiger partial charge in [0.05, 0.1) is 4.47 Å². The van der Waals surface area contributed by atoms with Gasteiger partial charge in [-0.2, -0.15) is 5.10 Å². The van der Waals surface area contributed by atoms with Gasteiger partial charge in [-0.05, 0) is 34.1 Å². The van der Waals surface area contributed by atoms with Gasteiger partial charge in [0.2, 0.25) is 0 Å². The molecule has 0 N–H and O–H groups in total. The van der Waals surface area contributed by atoms with Crippen molar-refractivity contribution in [3.63, 3.8) is 0 Å². The fourth-order valence-electron chi connectivity index (χ4n) is 3.16. The molecule has 0 unspecified atom stereocenters. The van der Waals surface area contributed by atoms with Crippen LogP contribution >= 0.6 is 27.5 Å². The molecule has 9 heteroatoms.